The van der Waals surface area contributed by atoms with Gasteiger partial charge in [0.15, 0.2) is 5.82 Å². The van der Waals surface area contributed by atoms with Crippen molar-refractivity contribution in [1.29, 1.82) is 0 Å². The van der Waals surface area contributed by atoms with Crippen LogP contribution in [0.15, 0.2) is 24.3 Å². The van der Waals surface area contributed by atoms with Gasteiger partial charge in [0, 0.05) is 17.7 Å². The Morgan fingerprint density at radius 2 is 2.05 bits per heavy atom. The molecule has 5 nitrogen and oxygen atoms in total. The molecule has 0 atom stereocenters. The number of aromatic amines is 1. The van der Waals surface area contributed by atoms with Gasteiger partial charge in [0.05, 0.1) is 0 Å². The van der Waals surface area contributed by atoms with Gasteiger partial charge in [0.1, 0.15) is 5.82 Å². The lowest BCUT2D eigenvalue weighted by Crippen LogP contribution is -2.11. The summed E-state index contributed by atoms with van der Waals surface area (Å²) in [6.07, 6.45) is 6.33. The maximum absolute atomic E-state index is 11.9. The monoisotopic (exact) mass is 300 g/mol. The zero-order valence-electron chi connectivity index (χ0n) is 13.4. The maximum Gasteiger partial charge on any atom is 0.224 e. The number of H-pyrrole nitrogens is 1. The highest BCUT2D eigenvalue weighted by Gasteiger charge is 2.06. The summed E-state index contributed by atoms with van der Waals surface area (Å²) in [6.45, 7) is 4.05. The van der Waals surface area contributed by atoms with Gasteiger partial charge < -0.3 is 5.32 Å². The van der Waals surface area contributed by atoms with E-state index in [2.05, 4.69) is 27.4 Å². The lowest BCUT2D eigenvalue weighted by Gasteiger charge is -2.06. The van der Waals surface area contributed by atoms with Gasteiger partial charge in [-0.15, -0.1) is 0 Å². The number of carbonyl (C=O) groups is 1. The molecule has 0 radical (unpaired) electrons. The fourth-order valence-corrected chi connectivity index (χ4v) is 2.32. The molecule has 0 aliphatic carbocycles. The third-order valence-electron chi connectivity index (χ3n) is 3.51. The summed E-state index contributed by atoms with van der Waals surface area (Å²) in [5.74, 6) is 1.49. The predicted octanol–water partition coefficient (Wildman–Crippen LogP) is 4.08. The zero-order valence-corrected chi connectivity index (χ0v) is 13.4. The van der Waals surface area contributed by atoms with Crippen molar-refractivity contribution < 1.29 is 4.79 Å². The summed E-state index contributed by atoms with van der Waals surface area (Å²) in [4.78, 5) is 16.2. The van der Waals surface area contributed by atoms with Gasteiger partial charge in [-0.1, -0.05) is 44.7 Å². The SMILES string of the molecule is CCCCCCCC(=O)Nc1cccc(-c2n[nH]c(C)n2)c1. The first-order valence-corrected chi connectivity index (χ1v) is 7.98. The topological polar surface area (TPSA) is 70.7 Å². The molecule has 0 saturated carbocycles. The second-order valence-electron chi connectivity index (χ2n) is 5.54. The number of rotatable bonds is 8. The van der Waals surface area contributed by atoms with Crippen molar-refractivity contribution in [2.24, 2.45) is 0 Å². The normalized spacial score (nSPS) is 10.6. The van der Waals surface area contributed by atoms with Gasteiger partial charge in [0.2, 0.25) is 5.91 Å². The summed E-state index contributed by atoms with van der Waals surface area (Å²) >= 11 is 0. The van der Waals surface area contributed by atoms with Crippen molar-refractivity contribution in [3.8, 4) is 11.4 Å². The van der Waals surface area contributed by atoms with Crippen molar-refractivity contribution in [1.82, 2.24) is 15.2 Å². The summed E-state index contributed by atoms with van der Waals surface area (Å²) in [7, 11) is 0. The van der Waals surface area contributed by atoms with Crippen LogP contribution in [0.3, 0.4) is 0 Å². The smallest absolute Gasteiger partial charge is 0.224 e. The van der Waals surface area contributed by atoms with Crippen molar-refractivity contribution >= 4 is 11.6 Å². The van der Waals surface area contributed by atoms with Gasteiger partial charge in [-0.3, -0.25) is 9.89 Å². The molecule has 0 unspecified atom stereocenters. The zero-order chi connectivity index (χ0) is 15.8. The van der Waals surface area contributed by atoms with Crippen LogP contribution in [0.25, 0.3) is 11.4 Å². The van der Waals surface area contributed by atoms with Crippen molar-refractivity contribution in [3.63, 3.8) is 0 Å². The first-order chi connectivity index (χ1) is 10.7. The van der Waals surface area contributed by atoms with Gasteiger partial charge in [-0.2, -0.15) is 5.10 Å². The predicted molar refractivity (Wildman–Crippen MR) is 88.6 cm³/mol. The largest absolute Gasteiger partial charge is 0.326 e. The molecule has 1 amide bonds. The van der Waals surface area contributed by atoms with Crippen LogP contribution in [0, 0.1) is 6.92 Å². The minimum absolute atomic E-state index is 0.0693. The average Bonchev–Trinajstić information content (AvgIpc) is 2.94. The highest BCUT2D eigenvalue weighted by Crippen LogP contribution is 2.19. The van der Waals surface area contributed by atoms with Crippen LogP contribution in [-0.4, -0.2) is 21.1 Å². The van der Waals surface area contributed by atoms with Crippen LogP contribution in [-0.2, 0) is 4.79 Å². The van der Waals surface area contributed by atoms with E-state index in [1.807, 2.05) is 31.2 Å². The number of aromatic nitrogens is 3. The van der Waals surface area contributed by atoms with E-state index in [-0.39, 0.29) is 5.91 Å². The lowest BCUT2D eigenvalue weighted by atomic mass is 10.1. The van der Waals surface area contributed by atoms with E-state index >= 15 is 0 Å². The standard InChI is InChI=1S/C17H24N4O/c1-3-4-5-6-7-11-16(22)19-15-10-8-9-14(12-15)17-18-13(2)20-21-17/h8-10,12H,3-7,11H2,1-2H3,(H,19,22)(H,18,20,21). The molecule has 2 N–H and O–H groups in total. The molecular formula is C17H24N4O. The second kappa shape index (κ2) is 8.32. The molecule has 22 heavy (non-hydrogen) atoms. The minimum atomic E-state index is 0.0693. The molecule has 0 fully saturated rings. The van der Waals surface area contributed by atoms with Crippen LogP contribution in [0.2, 0.25) is 0 Å². The number of aryl methyl sites for hydroxylation is 1. The Morgan fingerprint density at radius 3 is 2.77 bits per heavy atom. The molecule has 5 heteroatoms. The lowest BCUT2D eigenvalue weighted by molar-refractivity contribution is -0.116. The number of anilines is 1. The highest BCUT2D eigenvalue weighted by molar-refractivity contribution is 5.91. The van der Waals surface area contributed by atoms with Crippen molar-refractivity contribution in [3.05, 3.63) is 30.1 Å². The maximum atomic E-state index is 11.9. The average molecular weight is 300 g/mol. The molecule has 1 heterocycles. The number of hydrogen-bond donors (Lipinski definition) is 2. The highest BCUT2D eigenvalue weighted by atomic mass is 16.1. The Kier molecular flexibility index (Phi) is 6.13. The first kappa shape index (κ1) is 16.2. The van der Waals surface area contributed by atoms with E-state index in [0.717, 1.165) is 29.9 Å². The van der Waals surface area contributed by atoms with Crippen molar-refractivity contribution in [2.75, 3.05) is 5.32 Å². The van der Waals surface area contributed by atoms with Crippen LogP contribution >= 0.6 is 0 Å². The number of nitrogens with zero attached hydrogens (tertiary/aromatic N) is 2. The molecule has 2 rings (SSSR count). The van der Waals surface area contributed by atoms with E-state index in [0.29, 0.717) is 12.2 Å². The summed E-state index contributed by atoms with van der Waals surface area (Å²) in [6, 6.07) is 7.62. The molecule has 0 aliphatic heterocycles. The first-order valence-electron chi connectivity index (χ1n) is 7.98. The van der Waals surface area contributed by atoms with Crippen LogP contribution in [0.1, 0.15) is 51.3 Å². The molecular weight excluding hydrogens is 276 g/mol. The molecule has 0 bridgehead atoms. The van der Waals surface area contributed by atoms with E-state index in [4.69, 9.17) is 0 Å². The Hall–Kier alpha value is -2.17. The fourth-order valence-electron chi connectivity index (χ4n) is 2.32. The van der Waals surface area contributed by atoms with Gasteiger partial charge >= 0.3 is 0 Å². The quantitative estimate of drug-likeness (QED) is 0.722. The minimum Gasteiger partial charge on any atom is -0.326 e. The van der Waals surface area contributed by atoms with Gasteiger partial charge in [0.25, 0.3) is 0 Å². The number of unbranched alkanes of at least 4 members (excludes halogenated alkanes) is 4. The Balaban J connectivity index is 1.86. The Labute approximate surface area is 131 Å². The third kappa shape index (κ3) is 4.98. The van der Waals surface area contributed by atoms with E-state index < -0.39 is 0 Å². The molecule has 2 aromatic rings. The Morgan fingerprint density at radius 1 is 1.23 bits per heavy atom. The third-order valence-corrected chi connectivity index (χ3v) is 3.51. The Bertz CT molecular complexity index is 606. The molecule has 0 saturated heterocycles. The number of nitrogens with one attached hydrogen (secondary N) is 2. The number of benzene rings is 1. The van der Waals surface area contributed by atoms with Crippen LogP contribution < -0.4 is 5.32 Å². The molecule has 1 aromatic heterocycles. The number of carbonyl (C=O) groups excluding carboxylic acids is 1. The second-order valence-corrected chi connectivity index (χ2v) is 5.54. The fraction of sp³-hybridized carbons (Fsp3) is 0.471. The number of amides is 1. The molecule has 118 valence electrons. The molecule has 1 aromatic carbocycles. The van der Waals surface area contributed by atoms with Crippen LogP contribution in [0.5, 0.6) is 0 Å². The number of hydrogen-bond acceptors (Lipinski definition) is 3. The van der Waals surface area contributed by atoms with Crippen molar-refractivity contribution in [2.45, 2.75) is 52.4 Å². The van der Waals surface area contributed by atoms with E-state index in [9.17, 15) is 4.79 Å². The van der Waals surface area contributed by atoms with Gasteiger partial charge in [-0.25, -0.2) is 4.98 Å². The molecule has 0 aliphatic rings. The summed E-state index contributed by atoms with van der Waals surface area (Å²) < 4.78 is 0. The summed E-state index contributed by atoms with van der Waals surface area (Å²) in [5.41, 5.74) is 1.68. The van der Waals surface area contributed by atoms with E-state index in [1.165, 1.54) is 19.3 Å². The van der Waals surface area contributed by atoms with E-state index in [1.54, 1.807) is 0 Å². The van der Waals surface area contributed by atoms with Crippen LogP contribution in [0.4, 0.5) is 5.69 Å². The van der Waals surface area contributed by atoms with Gasteiger partial charge in [-0.05, 0) is 25.5 Å². The molecule has 0 spiro atoms. The summed E-state index contributed by atoms with van der Waals surface area (Å²) in [5, 5.41) is 9.90.